The third-order valence-corrected chi connectivity index (χ3v) is 11.7. The summed E-state index contributed by atoms with van der Waals surface area (Å²) < 4.78 is 55.6. The Morgan fingerprint density at radius 3 is 0.949 bits per heavy atom. The number of hydrogen-bond donors (Lipinski definition) is 1. The molecule has 0 heterocycles. The lowest BCUT2D eigenvalue weighted by atomic mass is 9.81. The van der Waals surface area contributed by atoms with Crippen LogP contribution >= 0.6 is 17.0 Å². The first kappa shape index (κ1) is 47.7. The minimum absolute atomic E-state index is 0.136. The first-order valence-electron chi connectivity index (χ1n) is 19.6. The van der Waals surface area contributed by atoms with Gasteiger partial charge in [-0.2, -0.15) is 0 Å². The normalized spacial score (nSPS) is 12.9. The van der Waals surface area contributed by atoms with Gasteiger partial charge in [-0.05, 0) is 70.2 Å². The molecule has 0 aliphatic rings. The van der Waals surface area contributed by atoms with Crippen LogP contribution in [0.2, 0.25) is 0 Å². The molecule has 4 aromatic rings. The zero-order chi connectivity index (χ0) is 44.4. The van der Waals surface area contributed by atoms with Gasteiger partial charge in [-0.1, -0.05) is 83.1 Å². The molecular formula is C47H66O10P2. The average molecular weight is 853 g/mol. The van der Waals surface area contributed by atoms with E-state index < -0.39 is 33.2 Å². The number of rotatable bonds is 14. The molecule has 0 aliphatic carbocycles. The average Bonchev–Trinajstić information content (AvgIpc) is 3.15. The largest absolute Gasteiger partial charge is 0.507 e. The van der Waals surface area contributed by atoms with Crippen LogP contribution in [0.15, 0.2) is 48.5 Å². The summed E-state index contributed by atoms with van der Waals surface area (Å²) in [6.45, 7) is 27.2. The van der Waals surface area contributed by atoms with E-state index in [0.717, 1.165) is 22.3 Å². The summed E-state index contributed by atoms with van der Waals surface area (Å²) in [6, 6.07) is 15.5. The summed E-state index contributed by atoms with van der Waals surface area (Å²) in [6.07, 6.45) is 0. The second-order valence-corrected chi connectivity index (χ2v) is 21.1. The first-order chi connectivity index (χ1) is 27.3. The third kappa shape index (κ3) is 10.9. The van der Waals surface area contributed by atoms with E-state index in [9.17, 15) is 5.11 Å². The fourth-order valence-electron chi connectivity index (χ4n) is 6.73. The standard InChI is InChI=1S/C47H66O10P2/c1-44(2,3)36-24-28(49-13)20-32(40(36)48)33-21-29(50-14)25-37(45(4,5)6)41(33)55-58(19)56-42-34(22-30(51-15)26-38(42)46(7,8)9)35-23-31(52-16)27-39(47(10,11)12)43(35)57-59(53-17)54-18/h20-27,48H,1-19H3. The molecule has 4 aromatic carbocycles. The van der Waals surface area contributed by atoms with Crippen LogP contribution in [0.1, 0.15) is 105 Å². The van der Waals surface area contributed by atoms with Gasteiger partial charge in [0.15, 0.2) is 0 Å². The number of aromatic hydroxyl groups is 1. The zero-order valence-corrected chi connectivity index (χ0v) is 40.4. The van der Waals surface area contributed by atoms with E-state index in [0.29, 0.717) is 62.5 Å². The minimum atomic E-state index is -1.75. The van der Waals surface area contributed by atoms with Gasteiger partial charge < -0.3 is 46.7 Å². The molecule has 0 amide bonds. The summed E-state index contributed by atoms with van der Waals surface area (Å²) >= 11 is 0. The highest BCUT2D eigenvalue weighted by Crippen LogP contribution is 2.56. The lowest BCUT2D eigenvalue weighted by Gasteiger charge is -2.31. The van der Waals surface area contributed by atoms with Gasteiger partial charge >= 0.3 is 8.60 Å². The van der Waals surface area contributed by atoms with Crippen molar-refractivity contribution in [2.75, 3.05) is 49.3 Å². The molecule has 1 N–H and O–H groups in total. The topological polar surface area (TPSA) is 103 Å². The van der Waals surface area contributed by atoms with Gasteiger partial charge in [0.1, 0.15) is 46.0 Å². The van der Waals surface area contributed by atoms with Crippen LogP contribution in [0.5, 0.6) is 46.0 Å². The maximum absolute atomic E-state index is 12.0. The highest BCUT2D eigenvalue weighted by Gasteiger charge is 2.34. The molecule has 0 aromatic heterocycles. The van der Waals surface area contributed by atoms with E-state index in [4.69, 9.17) is 41.6 Å². The second kappa shape index (κ2) is 18.4. The fraction of sp³-hybridized carbons (Fsp3) is 0.489. The molecule has 0 saturated heterocycles. The molecule has 10 nitrogen and oxygen atoms in total. The van der Waals surface area contributed by atoms with E-state index in [1.165, 1.54) is 0 Å². The molecule has 324 valence electrons. The van der Waals surface area contributed by atoms with E-state index in [-0.39, 0.29) is 11.2 Å². The van der Waals surface area contributed by atoms with Gasteiger partial charge in [0, 0.05) is 65.4 Å². The van der Waals surface area contributed by atoms with Gasteiger partial charge in [0.05, 0.1) is 28.4 Å². The van der Waals surface area contributed by atoms with Crippen molar-refractivity contribution in [3.05, 3.63) is 70.8 Å². The van der Waals surface area contributed by atoms with Gasteiger partial charge in [-0.3, -0.25) is 0 Å². The van der Waals surface area contributed by atoms with Crippen molar-refractivity contribution in [2.24, 2.45) is 0 Å². The predicted octanol–water partition coefficient (Wildman–Crippen LogP) is 13.2. The third-order valence-electron chi connectivity index (χ3n) is 9.93. The monoisotopic (exact) mass is 852 g/mol. The number of ether oxygens (including phenoxy) is 4. The van der Waals surface area contributed by atoms with Crippen LogP contribution < -0.4 is 32.5 Å². The van der Waals surface area contributed by atoms with Crippen LogP contribution in [0.25, 0.3) is 22.3 Å². The zero-order valence-electron chi connectivity index (χ0n) is 38.6. The number of hydrogen-bond acceptors (Lipinski definition) is 10. The molecule has 1 atom stereocenters. The molecule has 0 saturated carbocycles. The number of phenolic OH excluding ortho intramolecular Hbond substituents is 1. The molecule has 12 heteroatoms. The molecule has 0 spiro atoms. The fourth-order valence-corrected chi connectivity index (χ4v) is 8.32. The highest BCUT2D eigenvalue weighted by molar-refractivity contribution is 7.47. The number of methoxy groups -OCH3 is 4. The van der Waals surface area contributed by atoms with Crippen molar-refractivity contribution < 1.29 is 46.7 Å². The molecule has 0 bridgehead atoms. The molecule has 0 fully saturated rings. The molecule has 1 unspecified atom stereocenters. The Kier molecular flexibility index (Phi) is 14.9. The molecular weight excluding hydrogens is 786 g/mol. The summed E-state index contributed by atoms with van der Waals surface area (Å²) in [4.78, 5) is 0. The second-order valence-electron chi connectivity index (χ2n) is 18.5. The number of benzene rings is 4. The summed E-state index contributed by atoms with van der Waals surface area (Å²) in [7, 11) is 6.19. The Hall–Kier alpha value is -3.94. The van der Waals surface area contributed by atoms with Crippen molar-refractivity contribution in [2.45, 2.75) is 105 Å². The summed E-state index contributed by atoms with van der Waals surface area (Å²) in [5.74, 6) is 4.38. The SMILES string of the molecule is COc1cc(-c2cc(OC)cc(C(C)(C)C)c2OP(C)Oc2c(-c3cc(OC)cc(C(C)(C)C)c3OP(OC)OC)cc(OC)cc2C(C)(C)C)c(O)c(C(C)(C)C)c1. The first-order valence-corrected chi connectivity index (χ1v) is 22.3. The lowest BCUT2D eigenvalue weighted by Crippen LogP contribution is -2.16. The Morgan fingerprint density at radius 1 is 0.390 bits per heavy atom. The van der Waals surface area contributed by atoms with Crippen molar-refractivity contribution in [3.8, 4) is 68.2 Å². The Bertz CT molecular complexity index is 2100. The summed E-state index contributed by atoms with van der Waals surface area (Å²) in [5, 5.41) is 12.0. The lowest BCUT2D eigenvalue weighted by molar-refractivity contribution is 0.275. The maximum atomic E-state index is 12.0. The van der Waals surface area contributed by atoms with Crippen molar-refractivity contribution in [1.82, 2.24) is 0 Å². The summed E-state index contributed by atoms with van der Waals surface area (Å²) in [5.41, 5.74) is 4.42. The highest BCUT2D eigenvalue weighted by atomic mass is 31.2. The maximum Gasteiger partial charge on any atom is 0.396 e. The van der Waals surface area contributed by atoms with Crippen LogP contribution in [-0.2, 0) is 30.7 Å². The van der Waals surface area contributed by atoms with E-state index >= 15 is 0 Å². The number of phenols is 1. The van der Waals surface area contributed by atoms with Gasteiger partial charge in [0.2, 0.25) is 0 Å². The van der Waals surface area contributed by atoms with Crippen LogP contribution in [-0.4, -0.2) is 54.4 Å². The molecule has 0 radical (unpaired) electrons. The van der Waals surface area contributed by atoms with Crippen LogP contribution in [0.3, 0.4) is 0 Å². The van der Waals surface area contributed by atoms with Crippen molar-refractivity contribution in [1.29, 1.82) is 0 Å². The van der Waals surface area contributed by atoms with E-state index in [2.05, 4.69) is 83.1 Å². The van der Waals surface area contributed by atoms with Gasteiger partial charge in [-0.25, -0.2) is 0 Å². The van der Waals surface area contributed by atoms with Crippen LogP contribution in [0, 0.1) is 0 Å². The Labute approximate surface area is 355 Å². The van der Waals surface area contributed by atoms with Crippen molar-refractivity contribution >= 4 is 17.0 Å². The van der Waals surface area contributed by atoms with Gasteiger partial charge in [0.25, 0.3) is 8.38 Å². The minimum Gasteiger partial charge on any atom is -0.507 e. The van der Waals surface area contributed by atoms with Gasteiger partial charge in [-0.15, -0.1) is 0 Å². The molecule has 0 aliphatic heterocycles. The smallest absolute Gasteiger partial charge is 0.396 e. The predicted molar refractivity (Wildman–Crippen MR) is 242 cm³/mol. The Balaban J connectivity index is 2.09. The van der Waals surface area contributed by atoms with Crippen LogP contribution in [0.4, 0.5) is 0 Å². The Morgan fingerprint density at radius 2 is 0.661 bits per heavy atom. The van der Waals surface area contributed by atoms with Crippen molar-refractivity contribution in [3.63, 3.8) is 0 Å². The molecule has 59 heavy (non-hydrogen) atoms. The van der Waals surface area contributed by atoms with E-state index in [1.54, 1.807) is 42.7 Å². The van der Waals surface area contributed by atoms with E-state index in [1.807, 2.05) is 55.2 Å². The quantitative estimate of drug-likeness (QED) is 0.123. The molecule has 4 rings (SSSR count).